The average Bonchev–Trinajstić information content (AvgIpc) is 1.79. The van der Waals surface area contributed by atoms with Crippen molar-refractivity contribution in [2.75, 3.05) is 80.6 Å². The number of aromatic nitrogens is 19. The van der Waals surface area contributed by atoms with Crippen molar-refractivity contribution in [3.63, 3.8) is 0 Å². The van der Waals surface area contributed by atoms with Gasteiger partial charge in [-0.3, -0.25) is 4.98 Å². The SMILES string of the molecule is CCOc1nc(=O)[nH]c2ccccc12.COc1ccc2[nH]c(=O)nc(N)c2c1.COc1cccc2[nH]c(=O)nc(N)c12.COc1cccc2c(N)nc(=O)[nH]c12.Cc1ccc2[nH]c(=O)nc(N)c2c1C.Nc1[nH]c(=O)nc2ncccc12.Nc1nc(=O)[nH]c2cc(O)ccc12.Nc1nc(=O)[nH]c2cc3c(cc12)OCO3.Nc1nc(=O)[nH]c2cccc(O)c12. The Kier molecular flexibility index (Phi) is 26.6. The minimum absolute atomic E-state index is 0.0127. The number of pyridine rings is 1. The molecule has 10 aromatic heterocycles. The van der Waals surface area contributed by atoms with E-state index in [4.69, 9.17) is 79.4 Å². The fourth-order valence-corrected chi connectivity index (χ4v) is 11.9. The summed E-state index contributed by atoms with van der Waals surface area (Å²) in [6, 6.07) is 43.1. The summed E-state index contributed by atoms with van der Waals surface area (Å²) >= 11 is 0. The summed E-state index contributed by atoms with van der Waals surface area (Å²) in [5.74, 6) is 5.15. The van der Waals surface area contributed by atoms with Crippen molar-refractivity contribution in [2.24, 2.45) is 0 Å². The standard InChI is InChI=1S/C10H11N3O.C10H10N2O2.C9H7N3O3.3C9H9N3O2.2C8H7N3O2.C7H6N4O/c1-5-3-4-7-8(6(5)2)9(11)13-10(14)12-7;1-2-14-9-7-5-3-4-6-8(7)11-10(13)12-9;10-8-4-1-6-7(15-3-14-6)2-5(4)11-9(13)12-8;1-14-5-2-3-7-6(4-5)8(10)12-9(13)11-7;1-14-6-4-2-3-5-7(6)8(10)12-9(13)11-5;1-14-6-4-2-3-5-7(6)11-9(13)12-8(5)10;9-7-5-2-1-4(12)3-6(5)10-8(13)11-7;9-7-6-4(10-8(13)11-7)2-1-3-5(6)12;8-5-4-2-1-3-9-6(4)11-7(12)10-5/h3-4H,1-2H3,(H3,11,12,13,14);3-6H,2H2,1H3,(H,11,12,13);1-2H,3H2,(H3,10,11,12,13);3*2-4H,1H3,(H3,10,11,12,13);2*1-3,12H,(H3,9,10,11,13);1-3H,(H3,8,9,10,11,12). The Morgan fingerprint density at radius 1 is 0.374 bits per heavy atom. The Bertz CT molecular complexity index is 7580. The van der Waals surface area contributed by atoms with E-state index in [1.54, 1.807) is 117 Å². The van der Waals surface area contributed by atoms with Gasteiger partial charge in [0.15, 0.2) is 17.1 Å². The van der Waals surface area contributed by atoms with Crippen LogP contribution >= 0.6 is 0 Å². The van der Waals surface area contributed by atoms with Crippen molar-refractivity contribution < 1.29 is 38.6 Å². The number of aryl methyl sites for hydroxylation is 2. The first kappa shape index (κ1) is 85.8. The van der Waals surface area contributed by atoms with E-state index in [-0.39, 0.29) is 58.9 Å². The first-order valence-electron chi connectivity index (χ1n) is 35.9. The van der Waals surface area contributed by atoms with Crippen LogP contribution in [0.4, 0.5) is 46.5 Å². The van der Waals surface area contributed by atoms with Gasteiger partial charge in [-0.2, -0.15) is 44.9 Å². The average molecular weight is 1670 g/mol. The first-order chi connectivity index (χ1) is 58.9. The van der Waals surface area contributed by atoms with Crippen molar-refractivity contribution in [1.29, 1.82) is 0 Å². The fraction of sp³-hybridized carbons (Fsp3) is 0.101. The number of nitrogens with zero attached hydrogens (tertiary/aromatic N) is 10. The van der Waals surface area contributed by atoms with E-state index in [0.29, 0.717) is 129 Å². The molecular weight excluding hydrogens is 1600 g/mol. The van der Waals surface area contributed by atoms with Gasteiger partial charge in [0.1, 0.15) is 75.3 Å². The number of rotatable bonds is 5. The molecule has 0 saturated carbocycles. The molecule has 1 aliphatic heterocycles. The molecule has 0 unspecified atom stereocenters. The van der Waals surface area contributed by atoms with E-state index in [1.165, 1.54) is 25.3 Å². The van der Waals surface area contributed by atoms with Crippen LogP contribution in [0.5, 0.6) is 46.1 Å². The zero-order chi connectivity index (χ0) is 88.5. The van der Waals surface area contributed by atoms with Gasteiger partial charge in [-0.1, -0.05) is 36.4 Å². The highest BCUT2D eigenvalue weighted by atomic mass is 16.7. The van der Waals surface area contributed by atoms with Crippen LogP contribution in [0.1, 0.15) is 18.1 Å². The minimum atomic E-state index is -0.518. The number of nitrogen functional groups attached to an aromatic ring is 8. The van der Waals surface area contributed by atoms with Gasteiger partial charge in [0, 0.05) is 45.3 Å². The van der Waals surface area contributed by atoms with E-state index in [9.17, 15) is 48.3 Å². The highest BCUT2D eigenvalue weighted by Crippen LogP contribution is 2.37. The maximum atomic E-state index is 11.1. The molecule has 11 heterocycles. The molecule has 18 aromatic rings. The number of methoxy groups -OCH3 is 3. The summed E-state index contributed by atoms with van der Waals surface area (Å²) in [5, 5.41) is 24.5. The number of anilines is 8. The van der Waals surface area contributed by atoms with Crippen LogP contribution < -0.4 is 125 Å². The summed E-state index contributed by atoms with van der Waals surface area (Å²) in [7, 11) is 4.64. The van der Waals surface area contributed by atoms with Crippen LogP contribution in [-0.4, -0.2) is 140 Å². The zero-order valence-electron chi connectivity index (χ0n) is 65.5. The highest BCUT2D eigenvalue weighted by molar-refractivity contribution is 5.97. The number of nitrogens with one attached hydrogen (secondary N) is 9. The molecule has 0 spiro atoms. The number of nitrogens with two attached hydrogens (primary N) is 8. The van der Waals surface area contributed by atoms with Crippen molar-refractivity contribution in [3.8, 4) is 46.1 Å². The van der Waals surface area contributed by atoms with Crippen LogP contribution in [0, 0.1) is 13.8 Å². The first-order valence-corrected chi connectivity index (χ1v) is 35.9. The maximum Gasteiger partial charge on any atom is 0.348 e. The van der Waals surface area contributed by atoms with Gasteiger partial charge < -0.3 is 124 Å². The Balaban J connectivity index is 0.000000135. The largest absolute Gasteiger partial charge is 0.508 e. The minimum Gasteiger partial charge on any atom is -0.508 e. The monoisotopic (exact) mass is 1670 g/mol. The number of phenols is 2. The van der Waals surface area contributed by atoms with Gasteiger partial charge in [-0.05, 0) is 135 Å². The van der Waals surface area contributed by atoms with Gasteiger partial charge in [0.25, 0.3) is 0 Å². The van der Waals surface area contributed by atoms with Gasteiger partial charge in [-0.25, -0.2) is 48.1 Å². The number of benzene rings is 8. The topological polar surface area (TPSA) is 729 Å². The lowest BCUT2D eigenvalue weighted by atomic mass is 10.1. The van der Waals surface area contributed by atoms with Crippen LogP contribution in [0.3, 0.4) is 0 Å². The van der Waals surface area contributed by atoms with Crippen molar-refractivity contribution in [2.45, 2.75) is 20.8 Å². The number of phenolic OH excluding ortho intramolecular Hbond substituents is 2. The van der Waals surface area contributed by atoms with E-state index < -0.39 is 45.5 Å². The second-order valence-corrected chi connectivity index (χ2v) is 25.4. The quantitative estimate of drug-likeness (QED) is 0.112. The van der Waals surface area contributed by atoms with E-state index in [1.807, 2.05) is 57.2 Å². The second-order valence-electron chi connectivity index (χ2n) is 25.4. The van der Waals surface area contributed by atoms with Crippen LogP contribution in [0.25, 0.3) is 98.3 Å². The van der Waals surface area contributed by atoms with Gasteiger partial charge >= 0.3 is 51.2 Å². The van der Waals surface area contributed by atoms with E-state index in [2.05, 4.69) is 94.7 Å². The molecule has 0 fully saturated rings. The number of ether oxygens (including phenoxy) is 6. The normalized spacial score (nSPS) is 10.8. The molecule has 44 nitrogen and oxygen atoms in total. The summed E-state index contributed by atoms with van der Waals surface area (Å²) in [5.41, 5.74) is 47.9. The van der Waals surface area contributed by atoms with E-state index >= 15 is 0 Å². The van der Waals surface area contributed by atoms with Crippen LogP contribution in [0.15, 0.2) is 201 Å². The molecule has 19 rings (SSSR count). The lowest BCUT2D eigenvalue weighted by molar-refractivity contribution is 0.174. The molecule has 628 valence electrons. The number of para-hydroxylation sites is 2. The molecule has 0 radical (unpaired) electrons. The van der Waals surface area contributed by atoms with Gasteiger partial charge in [0.05, 0.1) is 93.6 Å². The lowest BCUT2D eigenvalue weighted by Gasteiger charge is -2.06. The third kappa shape index (κ3) is 20.8. The molecule has 123 heavy (non-hydrogen) atoms. The van der Waals surface area contributed by atoms with Gasteiger partial charge in [0.2, 0.25) is 12.7 Å². The lowest BCUT2D eigenvalue weighted by Crippen LogP contribution is -2.13. The van der Waals surface area contributed by atoms with Crippen LogP contribution in [-0.2, 0) is 0 Å². The molecule has 0 bridgehead atoms. The number of H-pyrrole nitrogens is 9. The Morgan fingerprint density at radius 2 is 0.829 bits per heavy atom. The van der Waals surface area contributed by atoms with Gasteiger partial charge in [-0.15, -0.1) is 0 Å². The number of fused-ring (bicyclic) bond motifs is 10. The van der Waals surface area contributed by atoms with Crippen molar-refractivity contribution >= 4 is 145 Å². The number of aromatic hydroxyl groups is 2. The van der Waals surface area contributed by atoms with Crippen LogP contribution in [0.2, 0.25) is 0 Å². The summed E-state index contributed by atoms with van der Waals surface area (Å²) < 4.78 is 30.9. The van der Waals surface area contributed by atoms with Crippen molar-refractivity contribution in [1.82, 2.24) is 94.7 Å². The Hall–Kier alpha value is -18.0. The predicted octanol–water partition coefficient (Wildman–Crippen LogP) is 4.54. The number of hydrogen-bond donors (Lipinski definition) is 19. The summed E-state index contributed by atoms with van der Waals surface area (Å²) in [6.45, 7) is 6.51. The molecule has 1 aliphatic rings. The maximum absolute atomic E-state index is 11.1. The third-order valence-electron chi connectivity index (χ3n) is 17.5. The van der Waals surface area contributed by atoms with E-state index in [0.717, 1.165) is 32.9 Å². The highest BCUT2D eigenvalue weighted by Gasteiger charge is 2.17. The Labute approximate surface area is 686 Å². The summed E-state index contributed by atoms with van der Waals surface area (Å²) in [6.07, 6.45) is 1.56. The molecular formula is C79H75N27O17. The third-order valence-corrected chi connectivity index (χ3v) is 17.5. The molecule has 0 saturated heterocycles. The molecule has 8 aromatic carbocycles. The van der Waals surface area contributed by atoms with Crippen molar-refractivity contribution in [3.05, 3.63) is 263 Å². The summed E-state index contributed by atoms with van der Waals surface area (Å²) in [4.78, 5) is 158. The molecule has 44 heteroatoms. The molecule has 0 amide bonds. The fourth-order valence-electron chi connectivity index (χ4n) is 11.9. The molecule has 0 atom stereocenters. The second kappa shape index (κ2) is 38.2. The molecule has 0 aliphatic carbocycles. The smallest absolute Gasteiger partial charge is 0.348 e. The number of aromatic amines is 9. The predicted molar refractivity (Wildman–Crippen MR) is 464 cm³/mol. The zero-order valence-corrected chi connectivity index (χ0v) is 65.5. The number of hydrogen-bond acceptors (Lipinski definition) is 35. The Morgan fingerprint density at radius 3 is 1.46 bits per heavy atom. The molecule has 27 N–H and O–H groups in total.